The summed E-state index contributed by atoms with van der Waals surface area (Å²) in [5.74, 6) is -1.07. The number of anilines is 1. The SMILES string of the molecule is CCCC1(c2ccccc2)NC(=O)N(Cc2c(C(=O)OCC)sc(N)c2C#N)C1=O. The van der Waals surface area contributed by atoms with Crippen molar-refractivity contribution in [3.63, 3.8) is 0 Å². The van der Waals surface area contributed by atoms with Gasteiger partial charge in [-0.05, 0) is 18.9 Å². The van der Waals surface area contributed by atoms with Gasteiger partial charge in [-0.2, -0.15) is 5.26 Å². The molecule has 3 amide bonds. The molecular formula is C21H22N4O4S. The summed E-state index contributed by atoms with van der Waals surface area (Å²) >= 11 is 0.917. The second kappa shape index (κ2) is 8.55. The number of ether oxygens (including phenoxy) is 1. The average molecular weight is 426 g/mol. The first-order valence-electron chi connectivity index (χ1n) is 9.57. The molecule has 1 aromatic carbocycles. The summed E-state index contributed by atoms with van der Waals surface area (Å²) in [6.45, 7) is 3.50. The van der Waals surface area contributed by atoms with Gasteiger partial charge in [0.25, 0.3) is 5.91 Å². The fourth-order valence-corrected chi connectivity index (χ4v) is 4.58. The second-order valence-electron chi connectivity index (χ2n) is 6.82. The Labute approximate surface area is 178 Å². The van der Waals surface area contributed by atoms with Crippen LogP contribution in [0.5, 0.6) is 0 Å². The summed E-state index contributed by atoms with van der Waals surface area (Å²) < 4.78 is 5.05. The highest BCUT2D eigenvalue weighted by atomic mass is 32.1. The number of nitrogens with zero attached hydrogens (tertiary/aromatic N) is 2. The van der Waals surface area contributed by atoms with Gasteiger partial charge in [0.1, 0.15) is 21.5 Å². The second-order valence-corrected chi connectivity index (χ2v) is 7.88. The number of nitrogen functional groups attached to an aromatic ring is 1. The molecule has 2 aromatic rings. The molecule has 1 atom stereocenters. The van der Waals surface area contributed by atoms with Crippen LogP contribution in [0.4, 0.5) is 9.80 Å². The van der Waals surface area contributed by atoms with E-state index in [0.29, 0.717) is 18.4 Å². The summed E-state index contributed by atoms with van der Waals surface area (Å²) in [4.78, 5) is 39.8. The molecule has 9 heteroatoms. The normalized spacial score (nSPS) is 18.2. The van der Waals surface area contributed by atoms with Gasteiger partial charge < -0.3 is 15.8 Å². The average Bonchev–Trinajstić information content (AvgIpc) is 3.18. The van der Waals surface area contributed by atoms with Gasteiger partial charge in [0.2, 0.25) is 0 Å². The van der Waals surface area contributed by atoms with Crippen LogP contribution in [-0.2, 0) is 21.6 Å². The van der Waals surface area contributed by atoms with Crippen LogP contribution in [0.2, 0.25) is 0 Å². The van der Waals surface area contributed by atoms with Gasteiger partial charge in [-0.25, -0.2) is 9.59 Å². The smallest absolute Gasteiger partial charge is 0.348 e. The molecule has 1 unspecified atom stereocenters. The lowest BCUT2D eigenvalue weighted by molar-refractivity contribution is -0.132. The van der Waals surface area contributed by atoms with Crippen LogP contribution < -0.4 is 11.1 Å². The number of hydrogen-bond donors (Lipinski definition) is 2. The Hall–Kier alpha value is -3.38. The zero-order valence-corrected chi connectivity index (χ0v) is 17.5. The van der Waals surface area contributed by atoms with Crippen molar-refractivity contribution in [2.75, 3.05) is 12.3 Å². The summed E-state index contributed by atoms with van der Waals surface area (Å²) in [5, 5.41) is 12.5. The molecule has 0 aliphatic carbocycles. The van der Waals surface area contributed by atoms with Crippen molar-refractivity contribution >= 4 is 34.2 Å². The number of hydrogen-bond acceptors (Lipinski definition) is 7. The standard InChI is InChI=1S/C21H22N4O4S/c1-3-10-21(13-8-6-5-7-9-13)19(27)25(20(28)24-21)12-15-14(11-22)17(23)30-16(15)18(26)29-4-2/h5-9H,3-4,10,12,23H2,1-2H3,(H,24,28). The maximum absolute atomic E-state index is 13.5. The summed E-state index contributed by atoms with van der Waals surface area (Å²) in [7, 11) is 0. The van der Waals surface area contributed by atoms with Crippen LogP contribution in [-0.4, -0.2) is 29.4 Å². The number of urea groups is 1. The van der Waals surface area contributed by atoms with Crippen molar-refractivity contribution in [1.29, 1.82) is 5.26 Å². The molecule has 1 aliphatic rings. The highest BCUT2D eigenvalue weighted by Gasteiger charge is 2.52. The number of nitriles is 1. The number of esters is 1. The maximum atomic E-state index is 13.5. The van der Waals surface area contributed by atoms with E-state index in [-0.39, 0.29) is 34.2 Å². The lowest BCUT2D eigenvalue weighted by atomic mass is 9.85. The fourth-order valence-electron chi connectivity index (χ4n) is 3.65. The molecule has 1 aliphatic heterocycles. The Kier molecular flexibility index (Phi) is 6.08. The van der Waals surface area contributed by atoms with Gasteiger partial charge in [-0.15, -0.1) is 11.3 Å². The monoisotopic (exact) mass is 426 g/mol. The summed E-state index contributed by atoms with van der Waals surface area (Å²) in [6.07, 6.45) is 1.08. The maximum Gasteiger partial charge on any atom is 0.348 e. The molecule has 30 heavy (non-hydrogen) atoms. The number of carbonyl (C=O) groups is 3. The number of rotatable bonds is 7. The molecule has 1 fully saturated rings. The van der Waals surface area contributed by atoms with E-state index < -0.39 is 23.4 Å². The van der Waals surface area contributed by atoms with Crippen LogP contribution >= 0.6 is 11.3 Å². The molecule has 3 rings (SSSR count). The Morgan fingerprint density at radius 1 is 1.30 bits per heavy atom. The van der Waals surface area contributed by atoms with E-state index in [1.165, 1.54) is 0 Å². The van der Waals surface area contributed by atoms with Gasteiger partial charge in [0, 0.05) is 5.56 Å². The van der Waals surface area contributed by atoms with Crippen molar-refractivity contribution in [2.45, 2.75) is 38.8 Å². The van der Waals surface area contributed by atoms with Gasteiger partial charge in [0.15, 0.2) is 0 Å². The largest absolute Gasteiger partial charge is 0.462 e. The highest BCUT2D eigenvalue weighted by Crippen LogP contribution is 2.37. The predicted octanol–water partition coefficient (Wildman–Crippen LogP) is 3.13. The number of amides is 3. The lowest BCUT2D eigenvalue weighted by Crippen LogP contribution is -2.43. The van der Waals surface area contributed by atoms with E-state index in [2.05, 4.69) is 5.32 Å². The van der Waals surface area contributed by atoms with Crippen molar-refractivity contribution < 1.29 is 19.1 Å². The van der Waals surface area contributed by atoms with Crippen LogP contribution in [0.1, 0.15) is 53.1 Å². The van der Waals surface area contributed by atoms with Crippen LogP contribution in [0, 0.1) is 11.3 Å². The molecular weight excluding hydrogens is 404 g/mol. The fraction of sp³-hybridized carbons (Fsp3) is 0.333. The first kappa shape index (κ1) is 21.3. The zero-order valence-electron chi connectivity index (χ0n) is 16.7. The number of thiophene rings is 1. The van der Waals surface area contributed by atoms with E-state index in [9.17, 15) is 19.6 Å². The van der Waals surface area contributed by atoms with Crippen molar-refractivity contribution in [3.05, 3.63) is 51.9 Å². The van der Waals surface area contributed by atoms with E-state index in [4.69, 9.17) is 10.5 Å². The predicted molar refractivity (Wildman–Crippen MR) is 112 cm³/mol. The Balaban J connectivity index is 2.03. The zero-order chi connectivity index (χ0) is 21.9. The Morgan fingerprint density at radius 2 is 2.00 bits per heavy atom. The third-order valence-corrected chi connectivity index (χ3v) is 6.03. The number of nitrogens with one attached hydrogen (secondary N) is 1. The van der Waals surface area contributed by atoms with E-state index in [1.807, 2.05) is 19.1 Å². The highest BCUT2D eigenvalue weighted by molar-refractivity contribution is 7.18. The molecule has 1 aromatic heterocycles. The van der Waals surface area contributed by atoms with Crippen molar-refractivity contribution in [1.82, 2.24) is 10.2 Å². The molecule has 0 spiro atoms. The van der Waals surface area contributed by atoms with Crippen LogP contribution in [0.25, 0.3) is 0 Å². The van der Waals surface area contributed by atoms with Gasteiger partial charge in [-0.3, -0.25) is 9.69 Å². The van der Waals surface area contributed by atoms with Gasteiger partial charge in [0.05, 0.1) is 18.7 Å². The van der Waals surface area contributed by atoms with Crippen LogP contribution in [0.15, 0.2) is 30.3 Å². The molecule has 3 N–H and O–H groups in total. The Bertz CT molecular complexity index is 1030. The topological polar surface area (TPSA) is 126 Å². The molecule has 0 bridgehead atoms. The van der Waals surface area contributed by atoms with E-state index in [1.54, 1.807) is 31.2 Å². The molecule has 8 nitrogen and oxygen atoms in total. The summed E-state index contributed by atoms with van der Waals surface area (Å²) in [5.41, 5.74) is 5.71. The molecule has 0 saturated carbocycles. The van der Waals surface area contributed by atoms with Crippen molar-refractivity contribution in [3.8, 4) is 6.07 Å². The Morgan fingerprint density at radius 3 is 2.60 bits per heavy atom. The van der Waals surface area contributed by atoms with Gasteiger partial charge in [-0.1, -0.05) is 43.7 Å². The quantitative estimate of drug-likeness (QED) is 0.517. The third kappa shape index (κ3) is 3.50. The first-order chi connectivity index (χ1) is 14.4. The number of benzene rings is 1. The number of imide groups is 1. The lowest BCUT2D eigenvalue weighted by Gasteiger charge is -2.27. The summed E-state index contributed by atoms with van der Waals surface area (Å²) in [6, 6.07) is 10.4. The van der Waals surface area contributed by atoms with Crippen molar-refractivity contribution in [2.24, 2.45) is 0 Å². The first-order valence-corrected chi connectivity index (χ1v) is 10.4. The molecule has 156 valence electrons. The number of carbonyl (C=O) groups excluding carboxylic acids is 3. The molecule has 1 saturated heterocycles. The van der Waals surface area contributed by atoms with E-state index in [0.717, 1.165) is 16.2 Å². The third-order valence-electron chi connectivity index (χ3n) is 4.99. The molecule has 2 heterocycles. The molecule has 0 radical (unpaired) electrons. The minimum absolute atomic E-state index is 0.0800. The van der Waals surface area contributed by atoms with E-state index >= 15 is 0 Å². The minimum atomic E-state index is -1.19. The van der Waals surface area contributed by atoms with Crippen LogP contribution in [0.3, 0.4) is 0 Å². The number of nitrogens with two attached hydrogens (primary N) is 1. The van der Waals surface area contributed by atoms with Gasteiger partial charge >= 0.3 is 12.0 Å². The minimum Gasteiger partial charge on any atom is -0.462 e.